The summed E-state index contributed by atoms with van der Waals surface area (Å²) in [5.74, 6) is -2.00. The summed E-state index contributed by atoms with van der Waals surface area (Å²) in [5.41, 5.74) is -0.286. The van der Waals surface area contributed by atoms with Crippen molar-refractivity contribution in [3.05, 3.63) is 35.6 Å². The lowest BCUT2D eigenvalue weighted by Crippen LogP contribution is -2.37. The van der Waals surface area contributed by atoms with Gasteiger partial charge in [-0.3, -0.25) is 4.57 Å². The number of ether oxygens (including phenoxy) is 1. The van der Waals surface area contributed by atoms with E-state index in [1.807, 2.05) is 0 Å². The van der Waals surface area contributed by atoms with E-state index in [0.29, 0.717) is 0 Å². The van der Waals surface area contributed by atoms with Gasteiger partial charge in [0.25, 0.3) is 5.34 Å². The molecule has 1 aromatic rings. The molecule has 0 amide bonds. The smallest absolute Gasteiger partial charge is 0.377 e. The molecule has 0 saturated heterocycles. The summed E-state index contributed by atoms with van der Waals surface area (Å²) in [6, 6.07) is 4.41. The van der Waals surface area contributed by atoms with Gasteiger partial charge in [-0.15, -0.1) is 0 Å². The third kappa shape index (κ3) is 2.55. The van der Waals surface area contributed by atoms with Crippen LogP contribution in [-0.4, -0.2) is 32.4 Å². The van der Waals surface area contributed by atoms with Crippen molar-refractivity contribution in [2.45, 2.75) is 5.34 Å². The molecular formula is C11H14FO6P. The summed E-state index contributed by atoms with van der Waals surface area (Å²) in [5, 5.41) is 7.70. The molecule has 0 aromatic heterocycles. The number of esters is 1. The quantitative estimate of drug-likeness (QED) is 0.656. The standard InChI is InChI=1S/C11H14FO6P/c1-16-10(13)11(14,19(15,17-2)18-3)8-5-4-6-9(12)7-8/h4-7,14H,1-3H3/t11-/m0/s1. The zero-order valence-electron chi connectivity index (χ0n) is 10.6. The van der Waals surface area contributed by atoms with Gasteiger partial charge in [-0.1, -0.05) is 12.1 Å². The van der Waals surface area contributed by atoms with Gasteiger partial charge in [-0.05, 0) is 12.1 Å². The molecule has 0 aliphatic carbocycles. The Balaban J connectivity index is 3.53. The van der Waals surface area contributed by atoms with Crippen molar-refractivity contribution in [1.82, 2.24) is 0 Å². The third-order valence-electron chi connectivity index (χ3n) is 2.57. The van der Waals surface area contributed by atoms with Crippen molar-refractivity contribution >= 4 is 13.6 Å². The van der Waals surface area contributed by atoms with Crippen LogP contribution in [-0.2, 0) is 28.5 Å². The first kappa shape index (κ1) is 15.8. The summed E-state index contributed by atoms with van der Waals surface area (Å²) in [6.07, 6.45) is 0. The van der Waals surface area contributed by atoms with E-state index >= 15 is 0 Å². The Bertz CT molecular complexity index is 512. The van der Waals surface area contributed by atoms with Crippen LogP contribution in [0.2, 0.25) is 0 Å². The number of aliphatic hydroxyl groups is 1. The minimum atomic E-state index is -4.30. The minimum absolute atomic E-state index is 0.286. The normalized spacial score (nSPS) is 14.8. The lowest BCUT2D eigenvalue weighted by Gasteiger charge is -2.30. The van der Waals surface area contributed by atoms with E-state index in [4.69, 9.17) is 0 Å². The molecule has 8 heteroatoms. The second kappa shape index (κ2) is 5.79. The monoisotopic (exact) mass is 292 g/mol. The van der Waals surface area contributed by atoms with Gasteiger partial charge in [-0.2, -0.15) is 0 Å². The molecule has 0 fully saturated rings. The van der Waals surface area contributed by atoms with Crippen molar-refractivity contribution in [3.63, 3.8) is 0 Å². The van der Waals surface area contributed by atoms with Crippen molar-refractivity contribution in [1.29, 1.82) is 0 Å². The minimum Gasteiger partial charge on any atom is -0.466 e. The van der Waals surface area contributed by atoms with Gasteiger partial charge in [0.15, 0.2) is 0 Å². The maximum absolute atomic E-state index is 13.2. The SMILES string of the molecule is COC(=O)[C@](O)(c1cccc(F)c1)P(=O)(OC)OC. The van der Waals surface area contributed by atoms with Crippen LogP contribution in [0.25, 0.3) is 0 Å². The number of halogens is 1. The van der Waals surface area contributed by atoms with Crippen molar-refractivity contribution in [2.75, 3.05) is 21.3 Å². The van der Waals surface area contributed by atoms with Gasteiger partial charge in [0.05, 0.1) is 7.11 Å². The lowest BCUT2D eigenvalue weighted by molar-refractivity contribution is -0.156. The summed E-state index contributed by atoms with van der Waals surface area (Å²) in [4.78, 5) is 11.8. The van der Waals surface area contributed by atoms with E-state index in [-0.39, 0.29) is 5.56 Å². The number of methoxy groups -OCH3 is 1. The van der Waals surface area contributed by atoms with Crippen LogP contribution in [0.15, 0.2) is 24.3 Å². The number of hydrogen-bond acceptors (Lipinski definition) is 6. The second-order valence-corrected chi connectivity index (χ2v) is 5.91. The third-order valence-corrected chi connectivity index (χ3v) is 4.77. The van der Waals surface area contributed by atoms with Crippen molar-refractivity contribution < 1.29 is 32.6 Å². The largest absolute Gasteiger partial charge is 0.466 e. The lowest BCUT2D eigenvalue weighted by atomic mass is 10.1. The van der Waals surface area contributed by atoms with E-state index in [1.165, 1.54) is 12.1 Å². The van der Waals surface area contributed by atoms with E-state index in [1.54, 1.807) is 0 Å². The van der Waals surface area contributed by atoms with Gasteiger partial charge in [0.1, 0.15) is 5.82 Å². The Kier molecular flexibility index (Phi) is 4.81. The maximum atomic E-state index is 13.2. The van der Waals surface area contributed by atoms with Crippen LogP contribution in [0.5, 0.6) is 0 Å². The van der Waals surface area contributed by atoms with E-state index in [2.05, 4.69) is 13.8 Å². The fourth-order valence-electron chi connectivity index (χ4n) is 1.57. The second-order valence-electron chi connectivity index (χ2n) is 3.54. The number of benzene rings is 1. The van der Waals surface area contributed by atoms with Gasteiger partial charge in [0, 0.05) is 19.8 Å². The van der Waals surface area contributed by atoms with Crippen molar-refractivity contribution in [3.8, 4) is 0 Å². The molecule has 1 N–H and O–H groups in total. The fourth-order valence-corrected chi connectivity index (χ4v) is 3.02. The summed E-state index contributed by atoms with van der Waals surface area (Å²) in [6.45, 7) is 0. The fraction of sp³-hybridized carbons (Fsp3) is 0.364. The molecule has 0 radical (unpaired) electrons. The van der Waals surface area contributed by atoms with E-state index in [9.17, 15) is 18.9 Å². The number of carbonyl (C=O) groups excluding carboxylic acids is 1. The Hall–Kier alpha value is -1.27. The first-order valence-corrected chi connectivity index (χ1v) is 6.68. The predicted molar refractivity (Wildman–Crippen MR) is 63.9 cm³/mol. The van der Waals surface area contributed by atoms with Gasteiger partial charge < -0.3 is 18.9 Å². The van der Waals surface area contributed by atoms with Crippen LogP contribution in [0, 0.1) is 5.82 Å². The summed E-state index contributed by atoms with van der Waals surface area (Å²) >= 11 is 0. The highest BCUT2D eigenvalue weighted by atomic mass is 31.2. The topological polar surface area (TPSA) is 82.1 Å². The van der Waals surface area contributed by atoms with Crippen LogP contribution >= 0.6 is 7.60 Å². The van der Waals surface area contributed by atoms with Crippen molar-refractivity contribution in [2.24, 2.45) is 0 Å². The molecule has 0 aliphatic heterocycles. The zero-order chi connectivity index (χ0) is 14.7. The Labute approximate surface area is 109 Å². The number of carbonyl (C=O) groups is 1. The van der Waals surface area contributed by atoms with Gasteiger partial charge >= 0.3 is 13.6 Å². The van der Waals surface area contributed by atoms with Crippen LogP contribution < -0.4 is 0 Å². The molecule has 1 aromatic carbocycles. The van der Waals surface area contributed by atoms with E-state index < -0.39 is 24.7 Å². The van der Waals surface area contributed by atoms with Crippen LogP contribution in [0.4, 0.5) is 4.39 Å². The van der Waals surface area contributed by atoms with Gasteiger partial charge in [-0.25, -0.2) is 9.18 Å². The molecule has 1 atom stereocenters. The maximum Gasteiger partial charge on any atom is 0.377 e. The van der Waals surface area contributed by atoms with Crippen LogP contribution in [0.1, 0.15) is 5.56 Å². The first-order chi connectivity index (χ1) is 8.85. The zero-order valence-corrected chi connectivity index (χ0v) is 11.5. The van der Waals surface area contributed by atoms with E-state index in [0.717, 1.165) is 33.5 Å². The average Bonchev–Trinajstić information content (AvgIpc) is 2.44. The molecule has 0 aliphatic rings. The molecule has 0 saturated carbocycles. The number of hydrogen-bond donors (Lipinski definition) is 1. The molecule has 106 valence electrons. The molecule has 1 rings (SSSR count). The molecule has 0 spiro atoms. The average molecular weight is 292 g/mol. The highest BCUT2D eigenvalue weighted by Crippen LogP contribution is 2.63. The summed E-state index contributed by atoms with van der Waals surface area (Å²) < 4.78 is 39.3. The Morgan fingerprint density at radius 3 is 2.32 bits per heavy atom. The predicted octanol–water partition coefficient (Wildman–Crippen LogP) is 1.63. The van der Waals surface area contributed by atoms with Gasteiger partial charge in [0.2, 0.25) is 0 Å². The molecule has 0 heterocycles. The highest BCUT2D eigenvalue weighted by Gasteiger charge is 2.58. The number of rotatable bonds is 5. The molecule has 0 bridgehead atoms. The van der Waals surface area contributed by atoms with Crippen LogP contribution in [0.3, 0.4) is 0 Å². The molecule has 0 unspecified atom stereocenters. The summed E-state index contributed by atoms with van der Waals surface area (Å²) in [7, 11) is -1.32. The molecule has 6 nitrogen and oxygen atoms in total. The first-order valence-electron chi connectivity index (χ1n) is 5.14. The Morgan fingerprint density at radius 1 is 1.32 bits per heavy atom. The Morgan fingerprint density at radius 2 is 1.89 bits per heavy atom. The highest BCUT2D eigenvalue weighted by molar-refractivity contribution is 7.56. The molecule has 19 heavy (non-hydrogen) atoms. The molecular weight excluding hydrogens is 278 g/mol.